The van der Waals surface area contributed by atoms with Gasteiger partial charge >= 0.3 is 0 Å². The molecule has 0 radical (unpaired) electrons. The molecule has 0 saturated carbocycles. The van der Waals surface area contributed by atoms with E-state index in [-0.39, 0.29) is 24.0 Å². The van der Waals surface area contributed by atoms with E-state index in [1.807, 2.05) is 49.4 Å². The summed E-state index contributed by atoms with van der Waals surface area (Å²) in [6.45, 7) is 3.21. The normalized spacial score (nSPS) is 10.5. The zero-order chi connectivity index (χ0) is 18.1. The van der Waals surface area contributed by atoms with E-state index in [4.69, 9.17) is 14.2 Å². The molecule has 0 aliphatic rings. The molecule has 2 N–H and O–H groups in total. The van der Waals surface area contributed by atoms with E-state index < -0.39 is 0 Å². The Morgan fingerprint density at radius 1 is 1.00 bits per heavy atom. The Labute approximate surface area is 172 Å². The number of anilines is 1. The van der Waals surface area contributed by atoms with Crippen molar-refractivity contribution < 1.29 is 14.2 Å². The summed E-state index contributed by atoms with van der Waals surface area (Å²) in [5, 5.41) is 6.52. The summed E-state index contributed by atoms with van der Waals surface area (Å²) in [5.41, 5.74) is 1.92. The molecule has 2 aromatic rings. The molecule has 0 aromatic heterocycles. The van der Waals surface area contributed by atoms with Gasteiger partial charge in [-0.1, -0.05) is 18.2 Å². The average Bonchev–Trinajstić information content (AvgIpc) is 2.66. The van der Waals surface area contributed by atoms with Crippen molar-refractivity contribution in [1.82, 2.24) is 5.32 Å². The van der Waals surface area contributed by atoms with E-state index in [1.54, 1.807) is 21.3 Å². The first kappa shape index (κ1) is 21.9. The first-order chi connectivity index (χ1) is 12.2. The molecule has 0 spiro atoms. The van der Waals surface area contributed by atoms with Crippen LogP contribution in [0.1, 0.15) is 12.5 Å². The zero-order valence-corrected chi connectivity index (χ0v) is 17.9. The Bertz CT molecular complexity index is 723. The number of nitrogens with zero attached hydrogens (tertiary/aromatic N) is 1. The lowest BCUT2D eigenvalue weighted by molar-refractivity contribution is 0.336. The third-order valence-corrected chi connectivity index (χ3v) is 3.59. The van der Waals surface area contributed by atoms with E-state index in [0.29, 0.717) is 30.6 Å². The number of benzene rings is 2. The summed E-state index contributed by atoms with van der Waals surface area (Å²) in [5.74, 6) is 2.86. The van der Waals surface area contributed by atoms with Crippen molar-refractivity contribution in [3.63, 3.8) is 0 Å². The lowest BCUT2D eigenvalue weighted by atomic mass is 10.2. The fraction of sp³-hybridized carbons (Fsp3) is 0.316. The maximum absolute atomic E-state index is 5.65. The van der Waals surface area contributed by atoms with Crippen LogP contribution in [0.4, 0.5) is 5.69 Å². The highest BCUT2D eigenvalue weighted by atomic mass is 127. The van der Waals surface area contributed by atoms with Crippen LogP contribution in [0.3, 0.4) is 0 Å². The summed E-state index contributed by atoms with van der Waals surface area (Å²) in [7, 11) is 4.95. The summed E-state index contributed by atoms with van der Waals surface area (Å²) in [6, 6.07) is 13.6. The molecule has 0 unspecified atom stereocenters. The van der Waals surface area contributed by atoms with Gasteiger partial charge in [0.15, 0.2) is 17.5 Å². The molecule has 7 heteroatoms. The van der Waals surface area contributed by atoms with Crippen LogP contribution in [0, 0.1) is 0 Å². The van der Waals surface area contributed by atoms with Gasteiger partial charge in [0.2, 0.25) is 0 Å². The highest BCUT2D eigenvalue weighted by molar-refractivity contribution is 14.0. The second kappa shape index (κ2) is 11.5. The lowest BCUT2D eigenvalue weighted by Crippen LogP contribution is -2.30. The largest absolute Gasteiger partial charge is 0.494 e. The summed E-state index contributed by atoms with van der Waals surface area (Å²) < 4.78 is 16.2. The number of para-hydroxylation sites is 1. The van der Waals surface area contributed by atoms with Gasteiger partial charge in [-0.05, 0) is 25.1 Å². The number of guanidine groups is 1. The third-order valence-electron chi connectivity index (χ3n) is 3.59. The maximum atomic E-state index is 5.65. The molecule has 2 rings (SSSR count). The molecule has 0 fully saturated rings. The van der Waals surface area contributed by atoms with Crippen molar-refractivity contribution in [1.29, 1.82) is 0 Å². The van der Waals surface area contributed by atoms with E-state index in [1.165, 1.54) is 0 Å². The Balaban J connectivity index is 0.00000338. The molecule has 0 aliphatic heterocycles. The van der Waals surface area contributed by atoms with Crippen LogP contribution in [0.2, 0.25) is 0 Å². The van der Waals surface area contributed by atoms with Gasteiger partial charge in [-0.15, -0.1) is 24.0 Å². The van der Waals surface area contributed by atoms with Gasteiger partial charge in [0.25, 0.3) is 0 Å². The predicted molar refractivity (Wildman–Crippen MR) is 116 cm³/mol. The molecule has 0 aliphatic carbocycles. The minimum absolute atomic E-state index is 0. The molecular formula is C19H26IN3O3. The highest BCUT2D eigenvalue weighted by Gasteiger charge is 2.07. The monoisotopic (exact) mass is 471 g/mol. The van der Waals surface area contributed by atoms with Crippen molar-refractivity contribution >= 4 is 35.6 Å². The molecule has 0 atom stereocenters. The van der Waals surface area contributed by atoms with Gasteiger partial charge in [0.05, 0.1) is 20.8 Å². The molecule has 0 bridgehead atoms. The van der Waals surface area contributed by atoms with Crippen molar-refractivity contribution in [2.24, 2.45) is 4.99 Å². The van der Waals surface area contributed by atoms with Crippen molar-refractivity contribution in [3.8, 4) is 17.2 Å². The smallest absolute Gasteiger partial charge is 0.195 e. The molecule has 0 heterocycles. The zero-order valence-electron chi connectivity index (χ0n) is 15.5. The number of halogens is 1. The van der Waals surface area contributed by atoms with Crippen LogP contribution in [0.5, 0.6) is 17.2 Å². The lowest BCUT2D eigenvalue weighted by Gasteiger charge is -2.15. The standard InChI is InChI=1S/C19H25N3O3.HI/c1-5-25-16-9-7-6-8-14(16)13-21-19(20-2)22-15-10-11-17(23-3)18(12-15)24-4;/h6-12H,5,13H2,1-4H3,(H2,20,21,22);1H. The number of ether oxygens (including phenoxy) is 3. The van der Waals surface area contributed by atoms with E-state index in [2.05, 4.69) is 15.6 Å². The second-order valence-electron chi connectivity index (χ2n) is 5.16. The Morgan fingerprint density at radius 2 is 1.73 bits per heavy atom. The van der Waals surface area contributed by atoms with Crippen LogP contribution in [-0.4, -0.2) is 33.8 Å². The quantitative estimate of drug-likeness (QED) is 0.364. The van der Waals surface area contributed by atoms with Gasteiger partial charge < -0.3 is 24.8 Å². The van der Waals surface area contributed by atoms with Crippen LogP contribution >= 0.6 is 24.0 Å². The topological polar surface area (TPSA) is 64.1 Å². The maximum Gasteiger partial charge on any atom is 0.195 e. The SMILES string of the molecule is CCOc1ccccc1CNC(=NC)Nc1ccc(OC)c(OC)c1.I. The summed E-state index contributed by atoms with van der Waals surface area (Å²) in [4.78, 5) is 4.25. The Morgan fingerprint density at radius 3 is 2.38 bits per heavy atom. The minimum atomic E-state index is 0. The summed E-state index contributed by atoms with van der Waals surface area (Å²) >= 11 is 0. The van der Waals surface area contributed by atoms with Gasteiger partial charge in [-0.25, -0.2) is 0 Å². The molecule has 0 saturated heterocycles. The fourth-order valence-corrected chi connectivity index (χ4v) is 2.35. The van der Waals surface area contributed by atoms with Crippen LogP contribution in [-0.2, 0) is 6.54 Å². The van der Waals surface area contributed by atoms with Crippen LogP contribution in [0.25, 0.3) is 0 Å². The van der Waals surface area contributed by atoms with E-state index >= 15 is 0 Å². The number of hydrogen-bond donors (Lipinski definition) is 2. The number of rotatable bonds is 7. The first-order valence-corrected chi connectivity index (χ1v) is 8.12. The minimum Gasteiger partial charge on any atom is -0.494 e. The third kappa shape index (κ3) is 5.98. The molecule has 0 amide bonds. The van der Waals surface area contributed by atoms with Crippen molar-refractivity contribution in [2.45, 2.75) is 13.5 Å². The Kier molecular flexibility index (Phi) is 9.64. The van der Waals surface area contributed by atoms with E-state index in [9.17, 15) is 0 Å². The Hall–Kier alpha value is -2.16. The molecular weight excluding hydrogens is 445 g/mol. The highest BCUT2D eigenvalue weighted by Crippen LogP contribution is 2.29. The molecule has 142 valence electrons. The second-order valence-corrected chi connectivity index (χ2v) is 5.16. The molecule has 26 heavy (non-hydrogen) atoms. The molecule has 6 nitrogen and oxygen atoms in total. The molecule has 2 aromatic carbocycles. The van der Waals surface area contributed by atoms with Gasteiger partial charge in [0, 0.05) is 30.9 Å². The van der Waals surface area contributed by atoms with Crippen LogP contribution in [0.15, 0.2) is 47.5 Å². The average molecular weight is 471 g/mol. The fourth-order valence-electron chi connectivity index (χ4n) is 2.35. The van der Waals surface area contributed by atoms with Gasteiger partial charge in [-0.3, -0.25) is 4.99 Å². The van der Waals surface area contributed by atoms with E-state index in [0.717, 1.165) is 17.0 Å². The number of aliphatic imine (C=N–C) groups is 1. The van der Waals surface area contributed by atoms with Crippen molar-refractivity contribution in [2.75, 3.05) is 33.2 Å². The van der Waals surface area contributed by atoms with Crippen LogP contribution < -0.4 is 24.8 Å². The predicted octanol–water partition coefficient (Wildman–Crippen LogP) is 3.91. The van der Waals surface area contributed by atoms with Gasteiger partial charge in [0.1, 0.15) is 5.75 Å². The number of hydrogen-bond acceptors (Lipinski definition) is 4. The summed E-state index contributed by atoms with van der Waals surface area (Å²) in [6.07, 6.45) is 0. The van der Waals surface area contributed by atoms with Crippen molar-refractivity contribution in [3.05, 3.63) is 48.0 Å². The van der Waals surface area contributed by atoms with Gasteiger partial charge in [-0.2, -0.15) is 0 Å². The first-order valence-electron chi connectivity index (χ1n) is 8.12. The number of nitrogens with one attached hydrogen (secondary N) is 2. The number of methoxy groups -OCH3 is 2.